The van der Waals surface area contributed by atoms with Gasteiger partial charge in [0.25, 0.3) is 0 Å². The Morgan fingerprint density at radius 2 is 1.76 bits per heavy atom. The van der Waals surface area contributed by atoms with Crippen molar-refractivity contribution in [2.75, 3.05) is 44.2 Å². The number of aromatic nitrogens is 1. The zero-order valence-electron chi connectivity index (χ0n) is 16.7. The molecular weight excluding hydrogens is 364 g/mol. The average Bonchev–Trinajstić information content (AvgIpc) is 3.15. The van der Waals surface area contributed by atoms with Crippen LogP contribution in [0.5, 0.6) is 0 Å². The smallest absolute Gasteiger partial charge is 0.228 e. The van der Waals surface area contributed by atoms with E-state index in [0.29, 0.717) is 26.1 Å². The van der Waals surface area contributed by atoms with Crippen LogP contribution in [-0.4, -0.2) is 65.9 Å². The molecule has 2 aromatic rings. The van der Waals surface area contributed by atoms with E-state index in [-0.39, 0.29) is 17.7 Å². The van der Waals surface area contributed by atoms with Crippen LogP contribution in [0, 0.1) is 5.92 Å². The molecule has 0 bridgehead atoms. The molecule has 3 heterocycles. The number of pyridine rings is 1. The van der Waals surface area contributed by atoms with E-state index < -0.39 is 0 Å². The first-order valence-electron chi connectivity index (χ1n) is 10.5. The highest BCUT2D eigenvalue weighted by molar-refractivity contribution is 5.89. The number of hydrogen-bond acceptors (Lipinski definition) is 4. The van der Waals surface area contributed by atoms with Gasteiger partial charge in [0.2, 0.25) is 11.8 Å². The number of rotatable bonds is 6. The molecule has 6 nitrogen and oxygen atoms in total. The summed E-state index contributed by atoms with van der Waals surface area (Å²) in [4.78, 5) is 35.7. The van der Waals surface area contributed by atoms with Crippen LogP contribution in [0.3, 0.4) is 0 Å². The number of anilines is 1. The van der Waals surface area contributed by atoms with E-state index in [1.165, 1.54) is 5.56 Å². The molecule has 2 saturated heterocycles. The van der Waals surface area contributed by atoms with Gasteiger partial charge in [-0.2, -0.15) is 0 Å². The number of carbonyl (C=O) groups is 2. The molecule has 0 saturated carbocycles. The SMILES string of the molecule is O=C1CC(C(=O)N2CCN(c3ccccn3)CC2)CN1CCCc1ccccc1. The lowest BCUT2D eigenvalue weighted by molar-refractivity contribution is -0.136. The van der Waals surface area contributed by atoms with Crippen molar-refractivity contribution in [3.8, 4) is 0 Å². The van der Waals surface area contributed by atoms with Crippen molar-refractivity contribution in [2.24, 2.45) is 5.92 Å². The molecule has 1 atom stereocenters. The predicted octanol–water partition coefficient (Wildman–Crippen LogP) is 2.21. The third-order valence-corrected chi connectivity index (χ3v) is 5.86. The Kier molecular flexibility index (Phi) is 6.08. The molecule has 2 amide bonds. The van der Waals surface area contributed by atoms with Crippen LogP contribution < -0.4 is 4.90 Å². The second-order valence-corrected chi connectivity index (χ2v) is 7.83. The van der Waals surface area contributed by atoms with Gasteiger partial charge >= 0.3 is 0 Å². The van der Waals surface area contributed by atoms with Crippen LogP contribution in [0.4, 0.5) is 5.82 Å². The quantitative estimate of drug-likeness (QED) is 0.756. The van der Waals surface area contributed by atoms with Gasteiger partial charge in [0.05, 0.1) is 5.92 Å². The van der Waals surface area contributed by atoms with Gasteiger partial charge in [-0.25, -0.2) is 4.98 Å². The Bertz CT molecular complexity index is 819. The van der Waals surface area contributed by atoms with Gasteiger partial charge in [-0.3, -0.25) is 9.59 Å². The Morgan fingerprint density at radius 3 is 2.48 bits per heavy atom. The minimum absolute atomic E-state index is 0.114. The molecule has 1 unspecified atom stereocenters. The molecule has 29 heavy (non-hydrogen) atoms. The molecule has 0 aliphatic carbocycles. The van der Waals surface area contributed by atoms with Gasteiger partial charge in [0.1, 0.15) is 5.82 Å². The number of hydrogen-bond donors (Lipinski definition) is 0. The van der Waals surface area contributed by atoms with Gasteiger partial charge in [0.15, 0.2) is 0 Å². The van der Waals surface area contributed by atoms with Crippen molar-refractivity contribution in [3.05, 3.63) is 60.3 Å². The first kappa shape index (κ1) is 19.4. The minimum atomic E-state index is -0.194. The van der Waals surface area contributed by atoms with E-state index in [9.17, 15) is 9.59 Å². The number of aryl methyl sites for hydroxylation is 1. The molecule has 0 spiro atoms. The van der Waals surface area contributed by atoms with Crippen LogP contribution in [0.25, 0.3) is 0 Å². The van der Waals surface area contributed by atoms with Crippen molar-refractivity contribution in [1.29, 1.82) is 0 Å². The third kappa shape index (κ3) is 4.75. The van der Waals surface area contributed by atoms with Crippen LogP contribution >= 0.6 is 0 Å². The predicted molar refractivity (Wildman–Crippen MR) is 112 cm³/mol. The summed E-state index contributed by atoms with van der Waals surface area (Å²) in [6.45, 7) is 4.23. The maximum Gasteiger partial charge on any atom is 0.228 e. The van der Waals surface area contributed by atoms with E-state index in [4.69, 9.17) is 0 Å². The molecule has 4 rings (SSSR count). The highest BCUT2D eigenvalue weighted by atomic mass is 16.2. The zero-order valence-corrected chi connectivity index (χ0v) is 16.7. The molecule has 152 valence electrons. The normalized spacial score (nSPS) is 19.7. The van der Waals surface area contributed by atoms with Crippen molar-refractivity contribution < 1.29 is 9.59 Å². The van der Waals surface area contributed by atoms with Gasteiger partial charge in [-0.05, 0) is 30.5 Å². The Balaban J connectivity index is 1.24. The van der Waals surface area contributed by atoms with Crippen LogP contribution in [-0.2, 0) is 16.0 Å². The molecule has 0 N–H and O–H groups in total. The topological polar surface area (TPSA) is 56.8 Å². The van der Waals surface area contributed by atoms with Gasteiger partial charge < -0.3 is 14.7 Å². The van der Waals surface area contributed by atoms with Crippen LogP contribution in [0.15, 0.2) is 54.7 Å². The highest BCUT2D eigenvalue weighted by Gasteiger charge is 2.37. The van der Waals surface area contributed by atoms with Crippen molar-refractivity contribution >= 4 is 17.6 Å². The number of benzene rings is 1. The van der Waals surface area contributed by atoms with E-state index >= 15 is 0 Å². The number of amides is 2. The Morgan fingerprint density at radius 1 is 1.00 bits per heavy atom. The molecule has 2 aliphatic rings. The fraction of sp³-hybridized carbons (Fsp3) is 0.435. The van der Waals surface area contributed by atoms with Crippen LogP contribution in [0.1, 0.15) is 18.4 Å². The zero-order chi connectivity index (χ0) is 20.1. The minimum Gasteiger partial charge on any atom is -0.353 e. The second kappa shape index (κ2) is 9.07. The molecular formula is C23H28N4O2. The molecule has 6 heteroatoms. The van der Waals surface area contributed by atoms with Crippen molar-refractivity contribution in [1.82, 2.24) is 14.8 Å². The molecule has 0 radical (unpaired) electrons. The van der Waals surface area contributed by atoms with Crippen molar-refractivity contribution in [2.45, 2.75) is 19.3 Å². The lowest BCUT2D eigenvalue weighted by atomic mass is 10.1. The second-order valence-electron chi connectivity index (χ2n) is 7.83. The van der Waals surface area contributed by atoms with E-state index in [1.807, 2.05) is 46.2 Å². The fourth-order valence-corrected chi connectivity index (χ4v) is 4.23. The average molecular weight is 393 g/mol. The maximum absolute atomic E-state index is 12.9. The van der Waals surface area contributed by atoms with Crippen molar-refractivity contribution in [3.63, 3.8) is 0 Å². The lowest BCUT2D eigenvalue weighted by Crippen LogP contribution is -2.51. The van der Waals surface area contributed by atoms with Crippen LogP contribution in [0.2, 0.25) is 0 Å². The van der Waals surface area contributed by atoms with E-state index in [1.54, 1.807) is 6.20 Å². The number of likely N-dealkylation sites (tertiary alicyclic amines) is 1. The van der Waals surface area contributed by atoms with Gasteiger partial charge in [0, 0.05) is 51.9 Å². The summed E-state index contributed by atoms with van der Waals surface area (Å²) in [5.41, 5.74) is 1.29. The number of piperazine rings is 1. The fourth-order valence-electron chi connectivity index (χ4n) is 4.23. The molecule has 1 aromatic heterocycles. The largest absolute Gasteiger partial charge is 0.353 e. The third-order valence-electron chi connectivity index (χ3n) is 5.86. The summed E-state index contributed by atoms with van der Waals surface area (Å²) in [5, 5.41) is 0. The molecule has 2 aliphatic heterocycles. The number of nitrogens with zero attached hydrogens (tertiary/aromatic N) is 4. The van der Waals surface area contributed by atoms with Gasteiger partial charge in [-0.1, -0.05) is 36.4 Å². The summed E-state index contributed by atoms with van der Waals surface area (Å²) in [7, 11) is 0. The first-order chi connectivity index (χ1) is 14.2. The maximum atomic E-state index is 12.9. The van der Waals surface area contributed by atoms with E-state index in [0.717, 1.165) is 38.3 Å². The summed E-state index contributed by atoms with van der Waals surface area (Å²) in [6, 6.07) is 16.2. The standard InChI is InChI=1S/C23H28N4O2/c28-22-17-20(18-27(22)12-6-9-19-7-2-1-3-8-19)23(29)26-15-13-25(14-16-26)21-10-4-5-11-24-21/h1-5,7-8,10-11,20H,6,9,12-18H2. The Labute approximate surface area is 172 Å². The monoisotopic (exact) mass is 392 g/mol. The first-order valence-corrected chi connectivity index (χ1v) is 10.5. The summed E-state index contributed by atoms with van der Waals surface area (Å²) in [6.07, 6.45) is 4.03. The summed E-state index contributed by atoms with van der Waals surface area (Å²) < 4.78 is 0. The molecule has 1 aromatic carbocycles. The molecule has 2 fully saturated rings. The number of carbonyl (C=O) groups excluding carboxylic acids is 2. The van der Waals surface area contributed by atoms with E-state index in [2.05, 4.69) is 22.0 Å². The lowest BCUT2D eigenvalue weighted by Gasteiger charge is -2.36. The van der Waals surface area contributed by atoms with Gasteiger partial charge in [-0.15, -0.1) is 0 Å². The summed E-state index contributed by atoms with van der Waals surface area (Å²) >= 11 is 0. The summed E-state index contributed by atoms with van der Waals surface area (Å²) in [5.74, 6) is 1.01. The Hall–Kier alpha value is -2.89. The highest BCUT2D eigenvalue weighted by Crippen LogP contribution is 2.22.